The van der Waals surface area contributed by atoms with E-state index < -0.39 is 17.7 Å². The molecule has 8 nitrogen and oxygen atoms in total. The van der Waals surface area contributed by atoms with E-state index in [0.717, 1.165) is 12.0 Å². The highest BCUT2D eigenvalue weighted by molar-refractivity contribution is 8.00. The molecule has 1 aromatic heterocycles. The smallest absolute Gasteiger partial charge is 0.301 e. The minimum absolute atomic E-state index is 0.0184. The number of carbonyl (C=O) groups is 2. The summed E-state index contributed by atoms with van der Waals surface area (Å²) in [6, 6.07) is 23.0. The van der Waals surface area contributed by atoms with E-state index >= 15 is 0 Å². The molecule has 41 heavy (non-hydrogen) atoms. The van der Waals surface area contributed by atoms with Crippen LogP contribution in [0.25, 0.3) is 5.76 Å². The fourth-order valence-corrected chi connectivity index (χ4v) is 6.24. The van der Waals surface area contributed by atoms with Crippen LogP contribution < -0.4 is 14.4 Å². The van der Waals surface area contributed by atoms with Crippen molar-refractivity contribution in [2.24, 2.45) is 0 Å². The molecule has 0 aliphatic carbocycles. The van der Waals surface area contributed by atoms with Crippen molar-refractivity contribution < 1.29 is 24.2 Å². The number of aliphatic hydroxyl groups excluding tert-OH is 1. The van der Waals surface area contributed by atoms with Crippen LogP contribution in [0.3, 0.4) is 0 Å². The average Bonchev–Trinajstić information content (AvgIpc) is 3.58. The highest BCUT2D eigenvalue weighted by atomic mass is 32.2. The van der Waals surface area contributed by atoms with E-state index in [1.54, 1.807) is 48.5 Å². The Kier molecular flexibility index (Phi) is 9.01. The number of thioether (sulfide) groups is 1. The summed E-state index contributed by atoms with van der Waals surface area (Å²) in [5, 5.41) is 20.2. The van der Waals surface area contributed by atoms with E-state index in [0.29, 0.717) is 45.9 Å². The largest absolute Gasteiger partial charge is 0.507 e. The number of rotatable bonds is 11. The molecule has 0 radical (unpaired) electrons. The summed E-state index contributed by atoms with van der Waals surface area (Å²) in [4.78, 5) is 28.3. The molecule has 1 saturated heterocycles. The standard InChI is InChI=1S/C31H29N3O5S2/c1-3-18-39-24-16-12-22(13-17-24)27(35)25-26(21-10-14-23(15-11-21)38-4-2)34(29(37)28(25)36)30-32-33-31(41-30)40-19-20-8-6-5-7-9-20/h5-17,26,35H,3-4,18-19H2,1-2H3/b27-25+. The summed E-state index contributed by atoms with van der Waals surface area (Å²) in [6.45, 7) is 4.99. The number of nitrogens with zero attached hydrogens (tertiary/aromatic N) is 3. The van der Waals surface area contributed by atoms with Crippen molar-refractivity contribution >= 4 is 45.7 Å². The first-order chi connectivity index (χ1) is 20.0. The molecular weight excluding hydrogens is 558 g/mol. The van der Waals surface area contributed by atoms with Gasteiger partial charge in [0.25, 0.3) is 5.78 Å². The molecule has 1 amide bonds. The summed E-state index contributed by atoms with van der Waals surface area (Å²) < 4.78 is 11.9. The van der Waals surface area contributed by atoms with Crippen LogP contribution in [0.15, 0.2) is 88.8 Å². The number of hydrogen-bond donors (Lipinski definition) is 1. The van der Waals surface area contributed by atoms with Crippen LogP contribution in [0.2, 0.25) is 0 Å². The van der Waals surface area contributed by atoms with Crippen LogP contribution in [0, 0.1) is 0 Å². The molecule has 5 rings (SSSR count). The van der Waals surface area contributed by atoms with E-state index in [-0.39, 0.29) is 16.5 Å². The minimum Gasteiger partial charge on any atom is -0.507 e. The number of ketones is 1. The average molecular weight is 588 g/mol. The number of Topliss-reactive ketones (excluding diaryl/α,β-unsaturated/α-hetero) is 1. The molecule has 1 aliphatic rings. The number of ether oxygens (including phenoxy) is 2. The van der Waals surface area contributed by atoms with E-state index in [2.05, 4.69) is 10.2 Å². The number of benzene rings is 3. The molecule has 1 aliphatic heterocycles. The number of carbonyl (C=O) groups excluding carboxylic acids is 2. The number of anilines is 1. The SMILES string of the molecule is CCCOc1ccc(/C(O)=C2\C(=O)C(=O)N(c3nnc(SCc4ccccc4)s3)C2c2ccc(OCC)cc2)cc1. The lowest BCUT2D eigenvalue weighted by atomic mass is 9.95. The van der Waals surface area contributed by atoms with Crippen LogP contribution in [0.5, 0.6) is 11.5 Å². The van der Waals surface area contributed by atoms with E-state index in [1.165, 1.54) is 28.0 Å². The second-order valence-corrected chi connectivity index (χ2v) is 11.3. The quantitative estimate of drug-likeness (QED) is 0.0685. The third-order valence-corrected chi connectivity index (χ3v) is 8.49. The monoisotopic (exact) mass is 587 g/mol. The van der Waals surface area contributed by atoms with Crippen LogP contribution in [-0.2, 0) is 15.3 Å². The predicted molar refractivity (Wildman–Crippen MR) is 161 cm³/mol. The summed E-state index contributed by atoms with van der Waals surface area (Å²) in [7, 11) is 0. The Balaban J connectivity index is 1.51. The van der Waals surface area contributed by atoms with Gasteiger partial charge in [-0.1, -0.05) is 72.5 Å². The van der Waals surface area contributed by atoms with Gasteiger partial charge in [-0.05, 0) is 60.9 Å². The molecule has 210 valence electrons. The van der Waals surface area contributed by atoms with Crippen LogP contribution in [0.4, 0.5) is 5.13 Å². The zero-order chi connectivity index (χ0) is 28.8. The van der Waals surface area contributed by atoms with Crippen molar-refractivity contribution in [3.8, 4) is 11.5 Å². The molecule has 0 bridgehead atoms. The molecule has 10 heteroatoms. The summed E-state index contributed by atoms with van der Waals surface area (Å²) >= 11 is 2.73. The zero-order valence-corrected chi connectivity index (χ0v) is 24.3. The van der Waals surface area contributed by atoms with Gasteiger partial charge in [0.05, 0.1) is 24.8 Å². The van der Waals surface area contributed by atoms with Crippen LogP contribution in [-0.4, -0.2) is 40.2 Å². The molecule has 0 spiro atoms. The van der Waals surface area contributed by atoms with Gasteiger partial charge >= 0.3 is 5.91 Å². The fourth-order valence-electron chi connectivity index (χ4n) is 4.42. The lowest BCUT2D eigenvalue weighted by Crippen LogP contribution is -2.29. The molecule has 2 heterocycles. The molecule has 1 fully saturated rings. The lowest BCUT2D eigenvalue weighted by Gasteiger charge is -2.22. The van der Waals surface area contributed by atoms with Crippen molar-refractivity contribution in [2.75, 3.05) is 18.1 Å². The second-order valence-electron chi connectivity index (χ2n) is 9.17. The van der Waals surface area contributed by atoms with Gasteiger partial charge in [0, 0.05) is 11.3 Å². The number of amides is 1. The first-order valence-electron chi connectivity index (χ1n) is 13.3. The summed E-state index contributed by atoms with van der Waals surface area (Å²) in [5.74, 6) is 0.169. The molecule has 1 N–H and O–H groups in total. The van der Waals surface area contributed by atoms with Gasteiger partial charge in [-0.15, -0.1) is 10.2 Å². The Labute approximate surface area is 246 Å². The summed E-state index contributed by atoms with van der Waals surface area (Å²) in [5.41, 5.74) is 2.15. The van der Waals surface area contributed by atoms with Crippen molar-refractivity contribution in [1.29, 1.82) is 0 Å². The van der Waals surface area contributed by atoms with Gasteiger partial charge in [-0.25, -0.2) is 0 Å². The maximum Gasteiger partial charge on any atom is 0.301 e. The van der Waals surface area contributed by atoms with Gasteiger partial charge in [-0.3, -0.25) is 14.5 Å². The Bertz CT molecular complexity index is 1540. The molecule has 1 atom stereocenters. The first kappa shape index (κ1) is 28.4. The number of aliphatic hydroxyl groups is 1. The number of hydrogen-bond acceptors (Lipinski definition) is 9. The van der Waals surface area contributed by atoms with Gasteiger partial charge in [0.1, 0.15) is 17.3 Å². The van der Waals surface area contributed by atoms with E-state index in [4.69, 9.17) is 9.47 Å². The highest BCUT2D eigenvalue weighted by Gasteiger charge is 2.48. The molecule has 4 aromatic rings. The zero-order valence-electron chi connectivity index (χ0n) is 22.6. The van der Waals surface area contributed by atoms with Gasteiger partial charge in [-0.2, -0.15) is 0 Å². The molecule has 0 saturated carbocycles. The topological polar surface area (TPSA) is 102 Å². The van der Waals surface area contributed by atoms with Gasteiger partial charge < -0.3 is 14.6 Å². The van der Waals surface area contributed by atoms with Crippen molar-refractivity contribution in [2.45, 2.75) is 36.4 Å². The Morgan fingerprint density at radius 3 is 2.29 bits per heavy atom. The highest BCUT2D eigenvalue weighted by Crippen LogP contribution is 2.44. The molecular formula is C31H29N3O5S2. The Morgan fingerprint density at radius 2 is 1.61 bits per heavy atom. The fraction of sp³-hybridized carbons (Fsp3) is 0.226. The van der Waals surface area contributed by atoms with Gasteiger partial charge in [0.15, 0.2) is 4.34 Å². The van der Waals surface area contributed by atoms with E-state index in [9.17, 15) is 14.7 Å². The third kappa shape index (κ3) is 6.28. The summed E-state index contributed by atoms with van der Waals surface area (Å²) in [6.07, 6.45) is 0.866. The lowest BCUT2D eigenvalue weighted by molar-refractivity contribution is -0.132. The second kappa shape index (κ2) is 13.0. The molecule has 3 aromatic carbocycles. The minimum atomic E-state index is -0.901. The predicted octanol–water partition coefficient (Wildman–Crippen LogP) is 6.64. The normalized spacial score (nSPS) is 16.2. The van der Waals surface area contributed by atoms with Gasteiger partial charge in [0.2, 0.25) is 5.13 Å². The third-order valence-electron chi connectivity index (χ3n) is 6.36. The van der Waals surface area contributed by atoms with Crippen LogP contribution >= 0.6 is 23.1 Å². The first-order valence-corrected chi connectivity index (χ1v) is 15.1. The van der Waals surface area contributed by atoms with Crippen molar-refractivity contribution in [3.63, 3.8) is 0 Å². The maximum absolute atomic E-state index is 13.5. The Morgan fingerprint density at radius 1 is 0.927 bits per heavy atom. The maximum atomic E-state index is 13.5. The number of aromatic nitrogens is 2. The van der Waals surface area contributed by atoms with Crippen molar-refractivity contribution in [1.82, 2.24) is 10.2 Å². The van der Waals surface area contributed by atoms with E-state index in [1.807, 2.05) is 44.2 Å². The van der Waals surface area contributed by atoms with Crippen molar-refractivity contribution in [3.05, 3.63) is 101 Å². The Hall–Kier alpha value is -4.15. The van der Waals surface area contributed by atoms with Crippen LogP contribution in [0.1, 0.15) is 43.0 Å². The molecule has 1 unspecified atom stereocenters.